The average molecular weight is 683 g/mol. The third-order valence-corrected chi connectivity index (χ3v) is 11.1. The zero-order chi connectivity index (χ0) is 33.5. The van der Waals surface area contributed by atoms with Gasteiger partial charge in [-0.2, -0.15) is 9.97 Å². The van der Waals surface area contributed by atoms with Crippen molar-refractivity contribution in [1.29, 1.82) is 0 Å². The molecular formula is C37H40ClFN8O2. The fourth-order valence-corrected chi connectivity index (χ4v) is 8.51. The minimum atomic E-state index is -0.833. The van der Waals surface area contributed by atoms with Gasteiger partial charge in [-0.05, 0) is 61.9 Å². The summed E-state index contributed by atoms with van der Waals surface area (Å²) in [6, 6.07) is 14.4. The predicted octanol–water partition coefficient (Wildman–Crippen LogP) is 5.34. The molecule has 8 rings (SSSR count). The largest absolute Gasteiger partial charge is 0.461 e. The van der Waals surface area contributed by atoms with Gasteiger partial charge in [-0.25, -0.2) is 14.4 Å². The Labute approximate surface area is 290 Å². The minimum Gasteiger partial charge on any atom is -0.461 e. The topological polar surface area (TPSA) is 90.8 Å². The second kappa shape index (κ2) is 13.2. The van der Waals surface area contributed by atoms with E-state index in [0.29, 0.717) is 50.9 Å². The van der Waals surface area contributed by atoms with Crippen molar-refractivity contribution >= 4 is 45.9 Å². The molecule has 3 saturated heterocycles. The van der Waals surface area contributed by atoms with Crippen molar-refractivity contribution in [3.63, 3.8) is 0 Å². The van der Waals surface area contributed by atoms with E-state index in [9.17, 15) is 9.18 Å². The van der Waals surface area contributed by atoms with Gasteiger partial charge in [0.05, 0.1) is 28.5 Å². The summed E-state index contributed by atoms with van der Waals surface area (Å²) in [4.78, 5) is 39.9. The summed E-state index contributed by atoms with van der Waals surface area (Å²) in [6.07, 6.45) is 9.60. The van der Waals surface area contributed by atoms with Gasteiger partial charge in [0, 0.05) is 74.6 Å². The summed E-state index contributed by atoms with van der Waals surface area (Å²) in [5.41, 5.74) is 3.47. The Morgan fingerprint density at radius 2 is 2.02 bits per heavy atom. The van der Waals surface area contributed by atoms with Crippen molar-refractivity contribution in [1.82, 2.24) is 29.7 Å². The monoisotopic (exact) mass is 682 g/mol. The van der Waals surface area contributed by atoms with Crippen molar-refractivity contribution in [3.8, 4) is 6.01 Å². The Bertz CT molecular complexity index is 1890. The van der Waals surface area contributed by atoms with Crippen molar-refractivity contribution in [2.75, 3.05) is 56.2 Å². The molecule has 0 N–H and O–H groups in total. The third-order valence-electron chi connectivity index (χ3n) is 10.8. The maximum Gasteiger partial charge on any atom is 0.318 e. The van der Waals surface area contributed by atoms with E-state index in [1.54, 1.807) is 24.4 Å². The number of amides is 1. The van der Waals surface area contributed by atoms with E-state index in [1.165, 1.54) is 6.33 Å². The molecule has 2 aromatic heterocycles. The Balaban J connectivity index is 1.07. The van der Waals surface area contributed by atoms with Crippen LogP contribution in [0.4, 0.5) is 15.9 Å². The summed E-state index contributed by atoms with van der Waals surface area (Å²) in [7, 11) is 2.06. The zero-order valence-corrected chi connectivity index (χ0v) is 28.4. The summed E-state index contributed by atoms with van der Waals surface area (Å²) in [5, 5.41) is 2.85. The Hall–Kier alpha value is -4.35. The number of nitrogens with zero attached hydrogens (tertiary/aromatic N) is 8. The zero-order valence-electron chi connectivity index (χ0n) is 27.6. The smallest absolute Gasteiger partial charge is 0.318 e. The average Bonchev–Trinajstić information content (AvgIpc) is 3.84. The first-order valence-corrected chi connectivity index (χ1v) is 17.5. The van der Waals surface area contributed by atoms with Gasteiger partial charge in [0.25, 0.3) is 0 Å². The molecule has 3 atom stereocenters. The normalized spacial score (nSPS) is 23.7. The van der Waals surface area contributed by atoms with Crippen molar-refractivity contribution in [2.24, 2.45) is 0 Å². The van der Waals surface area contributed by atoms with Crippen molar-refractivity contribution in [3.05, 3.63) is 83.0 Å². The molecule has 0 saturated carbocycles. The maximum absolute atomic E-state index is 14.6. The summed E-state index contributed by atoms with van der Waals surface area (Å²) in [5.74, 6) is 0.790. The molecule has 12 heteroatoms. The van der Waals surface area contributed by atoms with E-state index >= 15 is 0 Å². The Morgan fingerprint density at radius 1 is 1.14 bits per heavy atom. The van der Waals surface area contributed by atoms with E-state index in [2.05, 4.69) is 56.0 Å². The van der Waals surface area contributed by atoms with Gasteiger partial charge in [0.2, 0.25) is 5.91 Å². The number of hydrogen-bond donors (Lipinski definition) is 0. The van der Waals surface area contributed by atoms with Crippen LogP contribution in [-0.2, 0) is 17.8 Å². The van der Waals surface area contributed by atoms with Gasteiger partial charge in [0.15, 0.2) is 0 Å². The number of likely N-dealkylation sites (N-methyl/N-ethyl adjacent to an activating group) is 1. The minimum absolute atomic E-state index is 0.0456. The molecule has 49 heavy (non-hydrogen) atoms. The molecule has 4 aliphatic heterocycles. The second-order valence-electron chi connectivity index (χ2n) is 13.7. The number of benzene rings is 2. The number of aromatic nitrogens is 4. The van der Waals surface area contributed by atoms with Crippen LogP contribution in [0.25, 0.3) is 16.8 Å². The fourth-order valence-electron chi connectivity index (χ4n) is 8.23. The number of fused-ring (bicyclic) bond motifs is 3. The van der Waals surface area contributed by atoms with Crippen LogP contribution in [0.1, 0.15) is 42.6 Å². The number of rotatable bonds is 8. The number of hydrogen-bond acceptors (Lipinski definition) is 9. The van der Waals surface area contributed by atoms with Gasteiger partial charge in [-0.15, -0.1) is 0 Å². The van der Waals surface area contributed by atoms with Crippen LogP contribution in [0.3, 0.4) is 0 Å². The highest BCUT2D eigenvalue weighted by Gasteiger charge is 2.49. The fraction of sp³-hybridized carbons (Fsp3) is 0.432. The molecule has 10 nitrogen and oxygen atoms in total. The molecule has 1 amide bonds. The number of ether oxygens (including phenoxy) is 1. The van der Waals surface area contributed by atoms with Crippen molar-refractivity contribution < 1.29 is 13.9 Å². The molecule has 4 aliphatic rings. The van der Waals surface area contributed by atoms with E-state index in [1.807, 2.05) is 17.0 Å². The van der Waals surface area contributed by atoms with Crippen LogP contribution in [0.15, 0.2) is 61.1 Å². The van der Waals surface area contributed by atoms with Crippen LogP contribution >= 0.6 is 11.6 Å². The van der Waals surface area contributed by atoms with Crippen LogP contribution in [0.2, 0.25) is 5.02 Å². The van der Waals surface area contributed by atoms with Gasteiger partial charge < -0.3 is 19.4 Å². The van der Waals surface area contributed by atoms with Crippen molar-refractivity contribution in [2.45, 2.75) is 56.4 Å². The highest BCUT2D eigenvalue weighted by atomic mass is 35.5. The van der Waals surface area contributed by atoms with E-state index in [4.69, 9.17) is 26.3 Å². The Morgan fingerprint density at radius 3 is 2.88 bits per heavy atom. The SMILES string of the molecule is CN(c1nc(OC[C@@]23CCCN2C[C@H](F)C3)nc2c1CCN(c1cccc3cccc(Cl)c13)C2)[C@@H]1CCN(C(=O)/C=C/c2ccncn2)C1. The molecule has 4 aromatic rings. The highest BCUT2D eigenvalue weighted by Crippen LogP contribution is 2.41. The van der Waals surface area contributed by atoms with Crippen LogP contribution in [0, 0.1) is 0 Å². The molecule has 0 radical (unpaired) electrons. The third kappa shape index (κ3) is 6.18. The van der Waals surface area contributed by atoms with Crippen LogP contribution < -0.4 is 14.5 Å². The lowest BCUT2D eigenvalue weighted by molar-refractivity contribution is -0.124. The number of anilines is 2. The van der Waals surface area contributed by atoms with E-state index in [0.717, 1.165) is 77.3 Å². The first-order valence-electron chi connectivity index (χ1n) is 17.2. The molecule has 254 valence electrons. The lowest BCUT2D eigenvalue weighted by Crippen LogP contribution is -2.44. The number of carbonyl (C=O) groups excluding carboxylic acids is 1. The molecular weight excluding hydrogens is 643 g/mol. The number of halogens is 2. The van der Waals surface area contributed by atoms with Gasteiger partial charge in [0.1, 0.15) is 24.9 Å². The predicted molar refractivity (Wildman–Crippen MR) is 189 cm³/mol. The molecule has 0 aliphatic carbocycles. The summed E-state index contributed by atoms with van der Waals surface area (Å²) in [6.45, 7) is 4.31. The van der Waals surface area contributed by atoms with Gasteiger partial charge >= 0.3 is 6.01 Å². The second-order valence-corrected chi connectivity index (χ2v) is 14.1. The maximum atomic E-state index is 14.6. The highest BCUT2D eigenvalue weighted by molar-refractivity contribution is 6.36. The number of likely N-dealkylation sites (tertiary alicyclic amines) is 1. The van der Waals surface area contributed by atoms with Gasteiger partial charge in [-0.3, -0.25) is 9.69 Å². The first kappa shape index (κ1) is 31.9. The first-order chi connectivity index (χ1) is 23.9. The molecule has 3 fully saturated rings. The van der Waals surface area contributed by atoms with Crippen LogP contribution in [-0.4, -0.2) is 99.8 Å². The number of carbonyl (C=O) groups is 1. The van der Waals surface area contributed by atoms with E-state index < -0.39 is 6.17 Å². The summed E-state index contributed by atoms with van der Waals surface area (Å²) >= 11 is 6.74. The molecule has 2 aromatic carbocycles. The molecule has 6 heterocycles. The van der Waals surface area contributed by atoms with E-state index in [-0.39, 0.29) is 17.5 Å². The summed E-state index contributed by atoms with van der Waals surface area (Å²) < 4.78 is 21.0. The quantitative estimate of drug-likeness (QED) is 0.229. The molecule has 0 unspecified atom stereocenters. The molecule has 0 bridgehead atoms. The van der Waals surface area contributed by atoms with Gasteiger partial charge in [-0.1, -0.05) is 35.9 Å². The van der Waals surface area contributed by atoms with Crippen LogP contribution in [0.5, 0.6) is 6.01 Å². The standard InChI is InChI=1S/C37H40ClFN8O2/c1-44(28-12-17-46(21-28)33(48)10-9-27-11-15-40-24-41-27)35-29-13-18-45(32-8-3-6-25-5-2-7-30(38)34(25)32)22-31(29)42-36(43-35)49-23-37-14-4-16-47(37)20-26(39)19-37/h2-3,5-11,15,24,26,28H,4,12-14,16-23H2,1H3/b10-9+/t26-,28-,37+/m1/s1. The molecule has 0 spiro atoms. The number of alkyl halides is 1. The lowest BCUT2D eigenvalue weighted by Gasteiger charge is -2.35. The Kier molecular flexibility index (Phi) is 8.57. The lowest BCUT2D eigenvalue weighted by atomic mass is 9.95.